The molecule has 11 unspecified atom stereocenters. The van der Waals surface area contributed by atoms with Crippen LogP contribution in [0.2, 0.25) is 0 Å². The molecule has 0 radical (unpaired) electrons. The zero-order chi connectivity index (χ0) is 46.8. The van der Waals surface area contributed by atoms with Gasteiger partial charge in [-0.1, -0.05) is 147 Å². The summed E-state index contributed by atoms with van der Waals surface area (Å²) in [6.07, 6.45) is 19.2. The molecule has 64 heavy (non-hydrogen) atoms. The summed E-state index contributed by atoms with van der Waals surface area (Å²) in [7, 11) is 0. The van der Waals surface area contributed by atoms with Crippen LogP contribution in [0.25, 0.3) is 0 Å². The largest absolute Gasteiger partial charge is 0.462 e. The molecule has 0 aromatic heterocycles. The molecule has 0 bridgehead atoms. The predicted molar refractivity (Wildman–Crippen MR) is 243 cm³/mol. The summed E-state index contributed by atoms with van der Waals surface area (Å²) in [6.45, 7) is 2.55. The number of allylic oxidation sites excluding steroid dienone is 4. The lowest BCUT2D eigenvalue weighted by atomic mass is 9.98. The molecule has 2 fully saturated rings. The van der Waals surface area contributed by atoms with Gasteiger partial charge in [0, 0.05) is 12.8 Å². The number of carbonyl (C=O) groups excluding carboxylic acids is 2. The summed E-state index contributed by atoms with van der Waals surface area (Å²) in [6, 6.07) is 0. The number of carbonyl (C=O) groups is 2. The van der Waals surface area contributed by atoms with Crippen LogP contribution in [0.15, 0.2) is 24.3 Å². The van der Waals surface area contributed by atoms with E-state index in [2.05, 4.69) is 38.2 Å². The number of aliphatic hydroxyl groups excluding tert-OH is 7. The highest BCUT2D eigenvalue weighted by molar-refractivity contribution is 5.70. The van der Waals surface area contributed by atoms with Gasteiger partial charge in [0.1, 0.15) is 55.4 Å². The molecule has 7 N–H and O–H groups in total. The van der Waals surface area contributed by atoms with Gasteiger partial charge in [-0.3, -0.25) is 9.59 Å². The number of aliphatic hydroxyl groups is 7. The standard InChI is InChI=1S/C49H88O15/c1-3-5-7-9-11-13-15-17-18-19-20-22-24-26-28-30-32-41(52)62-37(34-59-40(51)31-29-27-25-23-21-16-14-12-10-8-6-4-2)35-60-48-47(58)45(56)43(54)39(64-48)36-61-49-46(57)44(55)42(53)38(33-50)63-49/h13,15,18-19,37-39,42-50,53-58H,3-12,14,16-17,20-36H2,1-2H3/b15-13-,19-18-. The summed E-state index contributed by atoms with van der Waals surface area (Å²) < 4.78 is 33.5. The maximum atomic E-state index is 13.0. The highest BCUT2D eigenvalue weighted by atomic mass is 16.7. The third-order valence-electron chi connectivity index (χ3n) is 11.9. The van der Waals surface area contributed by atoms with E-state index in [1.54, 1.807) is 0 Å². The second-order valence-electron chi connectivity index (χ2n) is 17.6. The molecule has 0 amide bonds. The van der Waals surface area contributed by atoms with Crippen molar-refractivity contribution in [2.75, 3.05) is 26.4 Å². The lowest BCUT2D eigenvalue weighted by Gasteiger charge is -2.42. The first-order chi connectivity index (χ1) is 31.0. The maximum Gasteiger partial charge on any atom is 0.306 e. The zero-order valence-corrected chi connectivity index (χ0v) is 39.3. The molecular weight excluding hydrogens is 829 g/mol. The molecule has 2 heterocycles. The average Bonchev–Trinajstić information content (AvgIpc) is 3.29. The van der Waals surface area contributed by atoms with Gasteiger partial charge in [0.15, 0.2) is 18.7 Å². The summed E-state index contributed by atoms with van der Waals surface area (Å²) >= 11 is 0. The van der Waals surface area contributed by atoms with Gasteiger partial charge in [-0.2, -0.15) is 0 Å². The van der Waals surface area contributed by atoms with Gasteiger partial charge in [0.2, 0.25) is 0 Å². The zero-order valence-electron chi connectivity index (χ0n) is 39.3. The molecule has 11 atom stereocenters. The monoisotopic (exact) mass is 917 g/mol. The van der Waals surface area contributed by atoms with Gasteiger partial charge in [-0.15, -0.1) is 0 Å². The Balaban J connectivity index is 1.83. The lowest BCUT2D eigenvalue weighted by molar-refractivity contribution is -0.332. The summed E-state index contributed by atoms with van der Waals surface area (Å²) in [5, 5.41) is 72.0. The molecule has 0 aliphatic carbocycles. The highest BCUT2D eigenvalue weighted by Crippen LogP contribution is 2.26. The first kappa shape index (κ1) is 58.1. The highest BCUT2D eigenvalue weighted by Gasteiger charge is 2.47. The van der Waals surface area contributed by atoms with Crippen molar-refractivity contribution < 1.29 is 73.8 Å². The molecule has 0 saturated carbocycles. The van der Waals surface area contributed by atoms with Crippen LogP contribution in [-0.2, 0) is 38.0 Å². The van der Waals surface area contributed by atoms with Crippen molar-refractivity contribution in [3.8, 4) is 0 Å². The first-order valence-electron chi connectivity index (χ1n) is 24.9. The molecule has 2 saturated heterocycles. The minimum Gasteiger partial charge on any atom is -0.462 e. The molecule has 374 valence electrons. The van der Waals surface area contributed by atoms with Crippen LogP contribution in [0.1, 0.15) is 181 Å². The van der Waals surface area contributed by atoms with Crippen LogP contribution < -0.4 is 0 Å². The van der Waals surface area contributed by atoms with E-state index >= 15 is 0 Å². The van der Waals surface area contributed by atoms with Crippen LogP contribution in [-0.4, -0.2) is 142 Å². The van der Waals surface area contributed by atoms with E-state index in [4.69, 9.17) is 28.4 Å². The number of ether oxygens (including phenoxy) is 6. The Morgan fingerprint density at radius 1 is 0.500 bits per heavy atom. The van der Waals surface area contributed by atoms with E-state index in [0.29, 0.717) is 12.8 Å². The molecular formula is C49H88O15. The molecule has 0 aromatic rings. The van der Waals surface area contributed by atoms with Crippen molar-refractivity contribution in [3.05, 3.63) is 24.3 Å². The van der Waals surface area contributed by atoms with E-state index in [0.717, 1.165) is 64.2 Å². The van der Waals surface area contributed by atoms with Crippen molar-refractivity contribution in [2.24, 2.45) is 0 Å². The molecule has 2 rings (SSSR count). The van der Waals surface area contributed by atoms with Gasteiger partial charge >= 0.3 is 11.9 Å². The smallest absolute Gasteiger partial charge is 0.306 e. The molecule has 0 spiro atoms. The van der Waals surface area contributed by atoms with E-state index < -0.39 is 92.7 Å². The van der Waals surface area contributed by atoms with Gasteiger partial charge < -0.3 is 64.2 Å². The van der Waals surface area contributed by atoms with Crippen LogP contribution in [0.5, 0.6) is 0 Å². The second-order valence-corrected chi connectivity index (χ2v) is 17.6. The minimum atomic E-state index is -1.76. The van der Waals surface area contributed by atoms with Crippen LogP contribution >= 0.6 is 0 Å². The number of esters is 2. The number of hydrogen-bond acceptors (Lipinski definition) is 15. The van der Waals surface area contributed by atoms with Crippen molar-refractivity contribution in [1.82, 2.24) is 0 Å². The van der Waals surface area contributed by atoms with Crippen molar-refractivity contribution >= 4 is 11.9 Å². The van der Waals surface area contributed by atoms with E-state index in [1.165, 1.54) is 77.0 Å². The van der Waals surface area contributed by atoms with Crippen LogP contribution in [0, 0.1) is 0 Å². The van der Waals surface area contributed by atoms with Gasteiger partial charge in [0.25, 0.3) is 0 Å². The van der Waals surface area contributed by atoms with Crippen LogP contribution in [0.4, 0.5) is 0 Å². The van der Waals surface area contributed by atoms with Crippen LogP contribution in [0.3, 0.4) is 0 Å². The summed E-state index contributed by atoms with van der Waals surface area (Å²) in [4.78, 5) is 25.7. The van der Waals surface area contributed by atoms with Gasteiger partial charge in [0.05, 0.1) is 19.8 Å². The first-order valence-corrected chi connectivity index (χ1v) is 24.9. The summed E-state index contributed by atoms with van der Waals surface area (Å²) in [5.41, 5.74) is 0. The van der Waals surface area contributed by atoms with E-state index in [1.807, 2.05) is 0 Å². The molecule has 2 aliphatic heterocycles. The second kappa shape index (κ2) is 37.0. The van der Waals surface area contributed by atoms with Crippen molar-refractivity contribution in [1.29, 1.82) is 0 Å². The Labute approximate surface area is 383 Å². The number of hydrogen-bond donors (Lipinski definition) is 7. The van der Waals surface area contributed by atoms with Gasteiger partial charge in [-0.05, 0) is 44.9 Å². The Morgan fingerprint density at radius 3 is 1.47 bits per heavy atom. The topological polar surface area (TPSA) is 231 Å². The molecule has 0 aromatic carbocycles. The quantitative estimate of drug-likeness (QED) is 0.0203. The van der Waals surface area contributed by atoms with Crippen molar-refractivity contribution in [3.63, 3.8) is 0 Å². The fourth-order valence-electron chi connectivity index (χ4n) is 7.78. The SMILES string of the molecule is CCCCCC/C=C\C/C=C\CCCCCCCC(=O)OC(COC(=O)CCCCCCCCCCCCCC)COC1OC(COC2OC(CO)C(O)C(O)C2O)C(O)C(O)C1O. The summed E-state index contributed by atoms with van der Waals surface area (Å²) in [5.74, 6) is -0.937. The Morgan fingerprint density at radius 2 is 0.938 bits per heavy atom. The molecule has 2 aliphatic rings. The third-order valence-corrected chi connectivity index (χ3v) is 11.9. The average molecular weight is 917 g/mol. The fraction of sp³-hybridized carbons (Fsp3) is 0.878. The fourth-order valence-corrected chi connectivity index (χ4v) is 7.78. The van der Waals surface area contributed by atoms with E-state index in [-0.39, 0.29) is 26.1 Å². The predicted octanol–water partition coefficient (Wildman–Crippen LogP) is 6.38. The Hall–Kier alpha value is -2.02. The normalized spacial score (nSPS) is 26.8. The Bertz CT molecular complexity index is 1220. The van der Waals surface area contributed by atoms with Crippen molar-refractivity contribution in [2.45, 2.75) is 248 Å². The molecule has 15 heteroatoms. The Kier molecular flexibility index (Phi) is 33.6. The number of unbranched alkanes of at least 4 members (excludes halogenated alkanes) is 20. The number of rotatable bonds is 38. The van der Waals surface area contributed by atoms with E-state index in [9.17, 15) is 45.3 Å². The third kappa shape index (κ3) is 25.2. The lowest BCUT2D eigenvalue weighted by Crippen LogP contribution is -2.61. The minimum absolute atomic E-state index is 0.152. The molecule has 15 nitrogen and oxygen atoms in total. The van der Waals surface area contributed by atoms with Gasteiger partial charge in [-0.25, -0.2) is 0 Å². The maximum absolute atomic E-state index is 13.0.